The van der Waals surface area contributed by atoms with Gasteiger partial charge in [0, 0.05) is 28.7 Å². The summed E-state index contributed by atoms with van der Waals surface area (Å²) in [4.78, 5) is 15.0. The second-order valence-corrected chi connectivity index (χ2v) is 7.66. The lowest BCUT2D eigenvalue weighted by Crippen LogP contribution is -2.37. The number of amides is 1. The Bertz CT molecular complexity index is 789. The monoisotopic (exact) mass is 432 g/mol. The van der Waals surface area contributed by atoms with E-state index in [2.05, 4.69) is 44.3 Å². The molecule has 3 rings (SSSR count). The van der Waals surface area contributed by atoms with E-state index in [0.717, 1.165) is 42.6 Å². The van der Waals surface area contributed by atoms with Crippen molar-refractivity contribution in [3.8, 4) is 11.5 Å². The zero-order valence-corrected chi connectivity index (χ0v) is 17.3. The van der Waals surface area contributed by atoms with Gasteiger partial charge in [0.05, 0.1) is 14.2 Å². The number of hydrogen-bond acceptors (Lipinski definition) is 4. The molecule has 1 fully saturated rings. The fraction of sp³-hybridized carbons (Fsp3) is 0.381. The van der Waals surface area contributed by atoms with Crippen LogP contribution in [-0.2, 0) is 11.3 Å². The zero-order chi connectivity index (χ0) is 19.2. The van der Waals surface area contributed by atoms with Crippen molar-refractivity contribution in [3.05, 3.63) is 52.5 Å². The second-order valence-electron chi connectivity index (χ2n) is 6.74. The molecular weight excluding hydrogens is 408 g/mol. The number of piperidine rings is 1. The van der Waals surface area contributed by atoms with Crippen molar-refractivity contribution in [2.24, 2.45) is 5.92 Å². The fourth-order valence-electron chi connectivity index (χ4n) is 3.41. The highest BCUT2D eigenvalue weighted by Crippen LogP contribution is 2.30. The number of halogens is 1. The molecule has 0 saturated carbocycles. The fourth-order valence-corrected chi connectivity index (χ4v) is 3.85. The Kier molecular flexibility index (Phi) is 6.74. The van der Waals surface area contributed by atoms with Crippen LogP contribution in [0.2, 0.25) is 0 Å². The third-order valence-electron chi connectivity index (χ3n) is 4.90. The number of benzene rings is 2. The topological polar surface area (TPSA) is 50.8 Å². The first kappa shape index (κ1) is 19.7. The summed E-state index contributed by atoms with van der Waals surface area (Å²) in [6, 6.07) is 13.8. The molecule has 0 radical (unpaired) electrons. The standard InChI is InChI=1S/C21H25BrN2O3/c1-26-19-7-6-18(13-20(19)27-2)23-21(25)16-8-10-24(11-9-16)14-15-4-3-5-17(22)12-15/h3-7,12-13,16H,8-11,14H2,1-2H3,(H,23,25). The smallest absolute Gasteiger partial charge is 0.227 e. The Morgan fingerprint density at radius 3 is 2.52 bits per heavy atom. The van der Waals surface area contributed by atoms with Crippen LogP contribution in [0, 0.1) is 5.92 Å². The van der Waals surface area contributed by atoms with Crippen molar-refractivity contribution < 1.29 is 14.3 Å². The average Bonchev–Trinajstić information content (AvgIpc) is 2.68. The SMILES string of the molecule is COc1ccc(NC(=O)C2CCN(Cc3cccc(Br)c3)CC2)cc1OC. The summed E-state index contributed by atoms with van der Waals surface area (Å²) >= 11 is 3.52. The van der Waals surface area contributed by atoms with E-state index in [1.54, 1.807) is 26.4 Å². The summed E-state index contributed by atoms with van der Waals surface area (Å²) in [7, 11) is 3.18. The molecule has 0 unspecified atom stereocenters. The van der Waals surface area contributed by atoms with Gasteiger partial charge < -0.3 is 14.8 Å². The van der Waals surface area contributed by atoms with E-state index in [1.807, 2.05) is 12.1 Å². The summed E-state index contributed by atoms with van der Waals surface area (Å²) < 4.78 is 11.6. The lowest BCUT2D eigenvalue weighted by molar-refractivity contribution is -0.121. The quantitative estimate of drug-likeness (QED) is 0.738. The van der Waals surface area contributed by atoms with E-state index < -0.39 is 0 Å². The van der Waals surface area contributed by atoms with Gasteiger partial charge in [0.2, 0.25) is 5.91 Å². The molecule has 1 aliphatic rings. The first-order valence-corrected chi connectivity index (χ1v) is 9.88. The number of methoxy groups -OCH3 is 2. The number of carbonyl (C=O) groups excluding carboxylic acids is 1. The van der Waals surface area contributed by atoms with Gasteiger partial charge in [-0.15, -0.1) is 0 Å². The van der Waals surface area contributed by atoms with E-state index in [9.17, 15) is 4.79 Å². The van der Waals surface area contributed by atoms with Crippen LogP contribution in [0.15, 0.2) is 46.9 Å². The molecule has 5 nitrogen and oxygen atoms in total. The minimum atomic E-state index is 0.0388. The Morgan fingerprint density at radius 1 is 1.11 bits per heavy atom. The van der Waals surface area contributed by atoms with E-state index in [0.29, 0.717) is 11.5 Å². The predicted molar refractivity (Wildman–Crippen MR) is 110 cm³/mol. The second kappa shape index (κ2) is 9.24. The number of nitrogens with one attached hydrogen (secondary N) is 1. The van der Waals surface area contributed by atoms with E-state index in [1.165, 1.54) is 5.56 Å². The molecule has 0 aromatic heterocycles. The van der Waals surface area contributed by atoms with Crippen molar-refractivity contribution in [3.63, 3.8) is 0 Å². The van der Waals surface area contributed by atoms with Crippen molar-refractivity contribution in [2.45, 2.75) is 19.4 Å². The van der Waals surface area contributed by atoms with Gasteiger partial charge in [0.1, 0.15) is 0 Å². The van der Waals surface area contributed by atoms with Gasteiger partial charge in [0.25, 0.3) is 0 Å². The van der Waals surface area contributed by atoms with Crippen LogP contribution in [-0.4, -0.2) is 38.1 Å². The highest BCUT2D eigenvalue weighted by molar-refractivity contribution is 9.10. The maximum atomic E-state index is 12.6. The zero-order valence-electron chi connectivity index (χ0n) is 15.7. The van der Waals surface area contributed by atoms with E-state index >= 15 is 0 Å². The number of carbonyl (C=O) groups is 1. The number of anilines is 1. The van der Waals surface area contributed by atoms with Gasteiger partial charge in [-0.05, 0) is 55.8 Å². The molecule has 27 heavy (non-hydrogen) atoms. The summed E-state index contributed by atoms with van der Waals surface area (Å²) in [5, 5.41) is 3.01. The Morgan fingerprint density at radius 2 is 1.85 bits per heavy atom. The molecule has 1 heterocycles. The van der Waals surface area contributed by atoms with Crippen LogP contribution >= 0.6 is 15.9 Å². The van der Waals surface area contributed by atoms with Crippen molar-refractivity contribution in [2.75, 3.05) is 32.6 Å². The first-order valence-electron chi connectivity index (χ1n) is 9.08. The Hall–Kier alpha value is -2.05. The van der Waals surface area contributed by atoms with Crippen LogP contribution < -0.4 is 14.8 Å². The lowest BCUT2D eigenvalue weighted by atomic mass is 9.95. The highest BCUT2D eigenvalue weighted by Gasteiger charge is 2.25. The molecule has 0 atom stereocenters. The van der Waals surface area contributed by atoms with Gasteiger partial charge in [0.15, 0.2) is 11.5 Å². The molecule has 6 heteroatoms. The molecule has 2 aromatic carbocycles. The normalized spacial score (nSPS) is 15.4. The van der Waals surface area contributed by atoms with Crippen molar-refractivity contribution >= 4 is 27.5 Å². The first-order chi connectivity index (χ1) is 13.1. The summed E-state index contributed by atoms with van der Waals surface area (Å²) in [6.45, 7) is 2.77. The van der Waals surface area contributed by atoms with Gasteiger partial charge in [-0.3, -0.25) is 9.69 Å². The summed E-state index contributed by atoms with van der Waals surface area (Å²) in [6.07, 6.45) is 1.74. The third kappa shape index (κ3) is 5.23. The molecule has 1 amide bonds. The maximum absolute atomic E-state index is 12.6. The molecule has 0 aliphatic carbocycles. The predicted octanol–water partition coefficient (Wildman–Crippen LogP) is 4.32. The van der Waals surface area contributed by atoms with Crippen molar-refractivity contribution in [1.29, 1.82) is 0 Å². The third-order valence-corrected chi connectivity index (χ3v) is 5.40. The molecule has 0 bridgehead atoms. The Labute approximate surface area is 168 Å². The van der Waals surface area contributed by atoms with Gasteiger partial charge in [-0.1, -0.05) is 28.1 Å². The van der Waals surface area contributed by atoms with Gasteiger partial charge in [-0.2, -0.15) is 0 Å². The summed E-state index contributed by atoms with van der Waals surface area (Å²) in [5.74, 6) is 1.37. The summed E-state index contributed by atoms with van der Waals surface area (Å²) in [5.41, 5.74) is 2.02. The minimum Gasteiger partial charge on any atom is -0.493 e. The number of rotatable bonds is 6. The Balaban J connectivity index is 1.52. The van der Waals surface area contributed by atoms with Gasteiger partial charge >= 0.3 is 0 Å². The number of hydrogen-bond donors (Lipinski definition) is 1. The van der Waals surface area contributed by atoms with Crippen LogP contribution in [0.25, 0.3) is 0 Å². The lowest BCUT2D eigenvalue weighted by Gasteiger charge is -2.31. The molecular formula is C21H25BrN2O3. The van der Waals surface area contributed by atoms with Crippen LogP contribution in [0.5, 0.6) is 11.5 Å². The van der Waals surface area contributed by atoms with E-state index in [4.69, 9.17) is 9.47 Å². The van der Waals surface area contributed by atoms with Crippen molar-refractivity contribution in [1.82, 2.24) is 4.90 Å². The molecule has 144 valence electrons. The average molecular weight is 433 g/mol. The van der Waals surface area contributed by atoms with Gasteiger partial charge in [-0.25, -0.2) is 0 Å². The number of ether oxygens (including phenoxy) is 2. The number of nitrogens with zero attached hydrogens (tertiary/aromatic N) is 1. The minimum absolute atomic E-state index is 0.0388. The van der Waals surface area contributed by atoms with Crippen LogP contribution in [0.4, 0.5) is 5.69 Å². The highest BCUT2D eigenvalue weighted by atomic mass is 79.9. The van der Waals surface area contributed by atoms with E-state index in [-0.39, 0.29) is 11.8 Å². The van der Waals surface area contributed by atoms with Crippen LogP contribution in [0.3, 0.4) is 0 Å². The molecule has 2 aromatic rings. The molecule has 1 saturated heterocycles. The van der Waals surface area contributed by atoms with Crippen LogP contribution in [0.1, 0.15) is 18.4 Å². The number of likely N-dealkylation sites (tertiary alicyclic amines) is 1. The largest absolute Gasteiger partial charge is 0.493 e. The molecule has 1 N–H and O–H groups in total. The molecule has 1 aliphatic heterocycles. The molecule has 0 spiro atoms. The maximum Gasteiger partial charge on any atom is 0.227 e.